The van der Waals surface area contributed by atoms with Crippen LogP contribution in [0.1, 0.15) is 24.9 Å². The summed E-state index contributed by atoms with van der Waals surface area (Å²) in [5.74, 6) is 0. The summed E-state index contributed by atoms with van der Waals surface area (Å²) >= 11 is 1.71. The molecule has 0 aromatic carbocycles. The van der Waals surface area contributed by atoms with Crippen molar-refractivity contribution in [2.45, 2.75) is 25.4 Å². The highest BCUT2D eigenvalue weighted by molar-refractivity contribution is 7.07. The van der Waals surface area contributed by atoms with E-state index in [-0.39, 0.29) is 6.04 Å². The van der Waals surface area contributed by atoms with Crippen LogP contribution in [0.5, 0.6) is 0 Å². The van der Waals surface area contributed by atoms with E-state index in [0.29, 0.717) is 6.04 Å². The highest BCUT2D eigenvalue weighted by Crippen LogP contribution is 2.21. The Morgan fingerprint density at radius 3 is 2.62 bits per heavy atom. The number of thiophene rings is 1. The van der Waals surface area contributed by atoms with Crippen LogP contribution in [-0.2, 0) is 0 Å². The summed E-state index contributed by atoms with van der Waals surface area (Å²) < 4.78 is 0. The zero-order chi connectivity index (χ0) is 9.84. The van der Waals surface area contributed by atoms with Crippen molar-refractivity contribution in [3.8, 4) is 0 Å². The molecule has 1 rings (SSSR count). The third-order valence-corrected chi connectivity index (χ3v) is 3.13. The molecule has 1 aromatic heterocycles. The minimum Gasteiger partial charge on any atom is -0.323 e. The molecule has 0 saturated carbocycles. The van der Waals surface area contributed by atoms with E-state index in [2.05, 4.69) is 42.7 Å². The van der Waals surface area contributed by atoms with Crippen LogP contribution >= 0.6 is 11.3 Å². The molecule has 0 bridgehead atoms. The van der Waals surface area contributed by atoms with Crippen LogP contribution in [0.15, 0.2) is 16.8 Å². The van der Waals surface area contributed by atoms with Crippen LogP contribution in [0.3, 0.4) is 0 Å². The first-order chi connectivity index (χ1) is 6.16. The third-order valence-electron chi connectivity index (χ3n) is 2.42. The summed E-state index contributed by atoms with van der Waals surface area (Å²) in [6.07, 6.45) is 1.09. The van der Waals surface area contributed by atoms with E-state index in [1.54, 1.807) is 11.3 Å². The van der Waals surface area contributed by atoms with Crippen LogP contribution in [0, 0.1) is 0 Å². The zero-order valence-electron chi connectivity index (χ0n) is 8.53. The van der Waals surface area contributed by atoms with E-state index >= 15 is 0 Å². The van der Waals surface area contributed by atoms with Gasteiger partial charge < -0.3 is 10.6 Å². The number of hydrogen-bond acceptors (Lipinski definition) is 3. The average Bonchev–Trinajstić information content (AvgIpc) is 2.56. The summed E-state index contributed by atoms with van der Waals surface area (Å²) in [6, 6.07) is 2.70. The molecule has 2 atom stereocenters. The second kappa shape index (κ2) is 4.74. The molecule has 3 heteroatoms. The van der Waals surface area contributed by atoms with Gasteiger partial charge in [-0.2, -0.15) is 11.3 Å². The molecule has 0 spiro atoms. The molecule has 74 valence electrons. The van der Waals surface area contributed by atoms with Gasteiger partial charge in [0.1, 0.15) is 0 Å². The lowest BCUT2D eigenvalue weighted by atomic mass is 10.0. The Labute approximate surface area is 84.4 Å². The van der Waals surface area contributed by atoms with Crippen molar-refractivity contribution in [2.24, 2.45) is 5.73 Å². The summed E-state index contributed by atoms with van der Waals surface area (Å²) in [7, 11) is 4.17. The molecular formula is C10H18N2S. The Kier molecular flexibility index (Phi) is 3.90. The average molecular weight is 198 g/mol. The van der Waals surface area contributed by atoms with Crippen LogP contribution in [-0.4, -0.2) is 25.0 Å². The minimum atomic E-state index is 0.145. The predicted molar refractivity (Wildman–Crippen MR) is 59.0 cm³/mol. The standard InChI is InChI=1S/C10H18N2S/c1-4-9(12(2)3)10(11)8-5-6-13-7-8/h5-7,9-10H,4,11H2,1-3H3. The number of likely N-dealkylation sites (N-methyl/N-ethyl adjacent to an activating group) is 1. The normalized spacial score (nSPS) is 16.1. The summed E-state index contributed by atoms with van der Waals surface area (Å²) in [5.41, 5.74) is 7.42. The molecule has 0 fully saturated rings. The Morgan fingerprint density at radius 1 is 1.54 bits per heavy atom. The second-order valence-electron chi connectivity index (χ2n) is 3.52. The Morgan fingerprint density at radius 2 is 2.23 bits per heavy atom. The fourth-order valence-corrected chi connectivity index (χ4v) is 2.33. The first-order valence-electron chi connectivity index (χ1n) is 4.61. The van der Waals surface area contributed by atoms with Crippen molar-refractivity contribution < 1.29 is 0 Å². The minimum absolute atomic E-state index is 0.145. The molecule has 2 N–H and O–H groups in total. The topological polar surface area (TPSA) is 29.3 Å². The van der Waals surface area contributed by atoms with E-state index in [1.807, 2.05) is 0 Å². The molecule has 0 radical (unpaired) electrons. The molecule has 13 heavy (non-hydrogen) atoms. The van der Waals surface area contributed by atoms with Crippen LogP contribution in [0.25, 0.3) is 0 Å². The number of nitrogens with zero attached hydrogens (tertiary/aromatic N) is 1. The summed E-state index contributed by atoms with van der Waals surface area (Å²) in [6.45, 7) is 2.18. The quantitative estimate of drug-likeness (QED) is 0.802. The fourth-order valence-electron chi connectivity index (χ4n) is 1.63. The van der Waals surface area contributed by atoms with Gasteiger partial charge in [0.25, 0.3) is 0 Å². The maximum absolute atomic E-state index is 6.16. The lowest BCUT2D eigenvalue weighted by Gasteiger charge is -2.28. The van der Waals surface area contributed by atoms with Gasteiger partial charge in [0, 0.05) is 12.1 Å². The van der Waals surface area contributed by atoms with Crippen LogP contribution in [0.4, 0.5) is 0 Å². The SMILES string of the molecule is CCC(C(N)c1ccsc1)N(C)C. The van der Waals surface area contributed by atoms with Crippen molar-refractivity contribution in [1.82, 2.24) is 4.90 Å². The molecular weight excluding hydrogens is 180 g/mol. The molecule has 0 aliphatic rings. The Bertz CT molecular complexity index is 231. The van der Waals surface area contributed by atoms with Crippen molar-refractivity contribution in [3.63, 3.8) is 0 Å². The van der Waals surface area contributed by atoms with Gasteiger partial charge >= 0.3 is 0 Å². The number of hydrogen-bond donors (Lipinski definition) is 1. The van der Waals surface area contributed by atoms with Gasteiger partial charge in [0.15, 0.2) is 0 Å². The smallest absolute Gasteiger partial charge is 0.0461 e. The summed E-state index contributed by atoms with van der Waals surface area (Å²) in [4.78, 5) is 2.20. The van der Waals surface area contributed by atoms with Gasteiger partial charge in [-0.3, -0.25) is 0 Å². The third kappa shape index (κ3) is 2.53. The Balaban J connectivity index is 2.70. The first kappa shape index (κ1) is 10.7. The molecule has 0 aliphatic heterocycles. The maximum Gasteiger partial charge on any atom is 0.0461 e. The van der Waals surface area contributed by atoms with Gasteiger partial charge in [-0.15, -0.1) is 0 Å². The van der Waals surface area contributed by atoms with E-state index in [1.165, 1.54) is 5.56 Å². The molecule has 2 unspecified atom stereocenters. The van der Waals surface area contributed by atoms with Gasteiger partial charge in [-0.1, -0.05) is 6.92 Å². The van der Waals surface area contributed by atoms with E-state index in [4.69, 9.17) is 5.73 Å². The van der Waals surface area contributed by atoms with Gasteiger partial charge in [0.05, 0.1) is 0 Å². The van der Waals surface area contributed by atoms with Gasteiger partial charge in [-0.05, 0) is 42.9 Å². The largest absolute Gasteiger partial charge is 0.323 e. The molecule has 0 saturated heterocycles. The van der Waals surface area contributed by atoms with Crippen molar-refractivity contribution in [2.75, 3.05) is 14.1 Å². The number of nitrogens with two attached hydrogens (primary N) is 1. The maximum atomic E-state index is 6.16. The lowest BCUT2D eigenvalue weighted by Crippen LogP contribution is -2.37. The van der Waals surface area contributed by atoms with Crippen LogP contribution < -0.4 is 5.73 Å². The molecule has 1 heterocycles. The van der Waals surface area contributed by atoms with Crippen molar-refractivity contribution in [1.29, 1.82) is 0 Å². The second-order valence-corrected chi connectivity index (χ2v) is 4.30. The predicted octanol–water partition coefficient (Wildman–Crippen LogP) is 2.09. The van der Waals surface area contributed by atoms with Gasteiger partial charge in [-0.25, -0.2) is 0 Å². The van der Waals surface area contributed by atoms with Crippen molar-refractivity contribution in [3.05, 3.63) is 22.4 Å². The van der Waals surface area contributed by atoms with E-state index < -0.39 is 0 Å². The Hall–Kier alpha value is -0.380. The lowest BCUT2D eigenvalue weighted by molar-refractivity contribution is 0.248. The molecule has 2 nitrogen and oxygen atoms in total. The molecule has 1 aromatic rings. The fraction of sp³-hybridized carbons (Fsp3) is 0.600. The van der Waals surface area contributed by atoms with Crippen molar-refractivity contribution >= 4 is 11.3 Å². The van der Waals surface area contributed by atoms with Gasteiger partial charge in [0.2, 0.25) is 0 Å². The zero-order valence-corrected chi connectivity index (χ0v) is 9.34. The number of rotatable bonds is 4. The highest BCUT2D eigenvalue weighted by atomic mass is 32.1. The van der Waals surface area contributed by atoms with E-state index in [9.17, 15) is 0 Å². The van der Waals surface area contributed by atoms with Crippen LogP contribution in [0.2, 0.25) is 0 Å². The molecule has 0 amide bonds. The monoisotopic (exact) mass is 198 g/mol. The first-order valence-corrected chi connectivity index (χ1v) is 5.55. The summed E-state index contributed by atoms with van der Waals surface area (Å²) in [5, 5.41) is 4.22. The molecule has 0 aliphatic carbocycles. The highest BCUT2D eigenvalue weighted by Gasteiger charge is 2.19. The van der Waals surface area contributed by atoms with E-state index in [0.717, 1.165) is 6.42 Å².